The number of aliphatic imine (C=N–C) groups is 1. The summed E-state index contributed by atoms with van der Waals surface area (Å²) in [7, 11) is 1.81. The first-order chi connectivity index (χ1) is 11.2. The molecule has 0 radical (unpaired) electrons. The molecule has 0 saturated carbocycles. The number of hydrogen-bond donors (Lipinski definition) is 2. The fourth-order valence-electron chi connectivity index (χ4n) is 2.70. The first-order valence-corrected chi connectivity index (χ1v) is 8.27. The molecule has 130 valence electrons. The Bertz CT molecular complexity index is 557. The largest absolute Gasteiger partial charge is 0.356 e. The van der Waals surface area contributed by atoms with Crippen molar-refractivity contribution in [2.45, 2.75) is 32.2 Å². The molecule has 0 aliphatic carbocycles. The third kappa shape index (κ3) is 6.51. The summed E-state index contributed by atoms with van der Waals surface area (Å²) in [6.45, 7) is 5.11. The van der Waals surface area contributed by atoms with Crippen LogP contribution < -0.4 is 10.6 Å². The van der Waals surface area contributed by atoms with Crippen LogP contribution in [0.5, 0.6) is 0 Å². The van der Waals surface area contributed by atoms with Gasteiger partial charge < -0.3 is 10.6 Å². The Labute approximate surface area is 163 Å². The van der Waals surface area contributed by atoms with Gasteiger partial charge in [-0.1, -0.05) is 60.7 Å². The van der Waals surface area contributed by atoms with Crippen molar-refractivity contribution >= 4 is 29.9 Å². The minimum Gasteiger partial charge on any atom is -0.356 e. The second-order valence-electron chi connectivity index (χ2n) is 5.96. The molecule has 24 heavy (non-hydrogen) atoms. The predicted molar refractivity (Wildman–Crippen MR) is 114 cm³/mol. The molecular formula is C20H28IN3. The van der Waals surface area contributed by atoms with E-state index in [2.05, 4.69) is 90.1 Å². The molecule has 0 aliphatic rings. The molecule has 0 fully saturated rings. The second-order valence-corrected chi connectivity index (χ2v) is 5.96. The average molecular weight is 437 g/mol. The highest BCUT2D eigenvalue weighted by Gasteiger charge is 2.13. The van der Waals surface area contributed by atoms with Crippen LogP contribution in [0.25, 0.3) is 0 Å². The van der Waals surface area contributed by atoms with Crippen LogP contribution in [0.2, 0.25) is 0 Å². The maximum atomic E-state index is 4.26. The van der Waals surface area contributed by atoms with Crippen LogP contribution >= 0.6 is 24.0 Å². The Kier molecular flexibility index (Phi) is 9.45. The van der Waals surface area contributed by atoms with Crippen LogP contribution in [0, 0.1) is 0 Å². The van der Waals surface area contributed by atoms with Crippen LogP contribution in [-0.2, 0) is 0 Å². The molecule has 0 bridgehead atoms. The first kappa shape index (κ1) is 20.5. The third-order valence-corrected chi connectivity index (χ3v) is 3.78. The van der Waals surface area contributed by atoms with Crippen molar-refractivity contribution in [3.05, 3.63) is 71.8 Å². The van der Waals surface area contributed by atoms with Crippen LogP contribution in [-0.4, -0.2) is 25.6 Å². The highest BCUT2D eigenvalue weighted by Crippen LogP contribution is 2.27. The molecule has 2 aromatic rings. The predicted octanol–water partition coefficient (Wildman–Crippen LogP) is 4.40. The maximum absolute atomic E-state index is 4.26. The Morgan fingerprint density at radius 1 is 0.917 bits per heavy atom. The van der Waals surface area contributed by atoms with Gasteiger partial charge in [0.05, 0.1) is 0 Å². The van der Waals surface area contributed by atoms with Gasteiger partial charge in [0, 0.05) is 25.6 Å². The molecule has 2 N–H and O–H groups in total. The van der Waals surface area contributed by atoms with Crippen LogP contribution in [0.15, 0.2) is 65.7 Å². The molecule has 4 heteroatoms. The van der Waals surface area contributed by atoms with Crippen molar-refractivity contribution < 1.29 is 0 Å². The van der Waals surface area contributed by atoms with Crippen molar-refractivity contribution in [2.24, 2.45) is 4.99 Å². The van der Waals surface area contributed by atoms with Gasteiger partial charge in [-0.2, -0.15) is 0 Å². The van der Waals surface area contributed by atoms with Gasteiger partial charge in [-0.25, -0.2) is 0 Å². The number of halogens is 1. The van der Waals surface area contributed by atoms with Crippen molar-refractivity contribution in [2.75, 3.05) is 13.6 Å². The molecule has 0 heterocycles. The van der Waals surface area contributed by atoms with Crippen molar-refractivity contribution in [1.29, 1.82) is 0 Å². The van der Waals surface area contributed by atoms with Gasteiger partial charge in [-0.3, -0.25) is 4.99 Å². The van der Waals surface area contributed by atoms with Gasteiger partial charge in [-0.15, -0.1) is 24.0 Å². The SMILES string of the molecule is CN=C(NCCC(c1ccccc1)c1ccccc1)NC(C)C.I. The fourth-order valence-corrected chi connectivity index (χ4v) is 2.70. The van der Waals surface area contributed by atoms with E-state index in [-0.39, 0.29) is 24.0 Å². The summed E-state index contributed by atoms with van der Waals surface area (Å²) >= 11 is 0. The van der Waals surface area contributed by atoms with Gasteiger partial charge in [0.1, 0.15) is 0 Å². The Morgan fingerprint density at radius 2 is 1.42 bits per heavy atom. The van der Waals surface area contributed by atoms with E-state index in [9.17, 15) is 0 Å². The number of hydrogen-bond acceptors (Lipinski definition) is 1. The fraction of sp³-hybridized carbons (Fsp3) is 0.350. The van der Waals surface area contributed by atoms with Gasteiger partial charge in [-0.05, 0) is 31.4 Å². The molecule has 0 aliphatic heterocycles. The molecular weight excluding hydrogens is 409 g/mol. The van der Waals surface area contributed by atoms with E-state index in [0.29, 0.717) is 12.0 Å². The smallest absolute Gasteiger partial charge is 0.191 e. The summed E-state index contributed by atoms with van der Waals surface area (Å²) < 4.78 is 0. The molecule has 0 amide bonds. The molecule has 0 spiro atoms. The lowest BCUT2D eigenvalue weighted by molar-refractivity contribution is 0.657. The lowest BCUT2D eigenvalue weighted by Crippen LogP contribution is -2.41. The monoisotopic (exact) mass is 437 g/mol. The van der Waals surface area contributed by atoms with Crippen molar-refractivity contribution in [3.8, 4) is 0 Å². The van der Waals surface area contributed by atoms with Gasteiger partial charge in [0.25, 0.3) is 0 Å². The first-order valence-electron chi connectivity index (χ1n) is 8.27. The van der Waals surface area contributed by atoms with Gasteiger partial charge >= 0.3 is 0 Å². The zero-order valence-electron chi connectivity index (χ0n) is 14.7. The number of rotatable bonds is 6. The van der Waals surface area contributed by atoms with Crippen molar-refractivity contribution in [1.82, 2.24) is 10.6 Å². The average Bonchev–Trinajstić information content (AvgIpc) is 2.59. The summed E-state index contributed by atoms with van der Waals surface area (Å²) in [6.07, 6.45) is 1.02. The summed E-state index contributed by atoms with van der Waals surface area (Å²) in [5, 5.41) is 6.73. The highest BCUT2D eigenvalue weighted by atomic mass is 127. The second kappa shape index (κ2) is 11.1. The van der Waals surface area contributed by atoms with Gasteiger partial charge in [0.15, 0.2) is 5.96 Å². The maximum Gasteiger partial charge on any atom is 0.191 e. The molecule has 0 aromatic heterocycles. The molecule has 0 saturated heterocycles. The van der Waals surface area contributed by atoms with Crippen molar-refractivity contribution in [3.63, 3.8) is 0 Å². The molecule has 0 atom stereocenters. The zero-order valence-corrected chi connectivity index (χ0v) is 17.0. The Balaban J connectivity index is 0.00000288. The lowest BCUT2D eigenvalue weighted by atomic mass is 9.88. The lowest BCUT2D eigenvalue weighted by Gasteiger charge is -2.20. The number of benzene rings is 2. The Morgan fingerprint density at radius 3 is 1.83 bits per heavy atom. The van der Waals surface area contributed by atoms with E-state index in [1.165, 1.54) is 11.1 Å². The van der Waals surface area contributed by atoms with Crippen LogP contribution in [0.1, 0.15) is 37.3 Å². The number of nitrogens with one attached hydrogen (secondary N) is 2. The summed E-state index contributed by atoms with van der Waals surface area (Å²) in [6, 6.07) is 21.8. The number of guanidine groups is 1. The standard InChI is InChI=1S/C20H27N3.HI/c1-16(2)23-20(21-3)22-15-14-19(17-10-6-4-7-11-17)18-12-8-5-9-13-18;/h4-13,16,19H,14-15H2,1-3H3,(H2,21,22,23);1H. The highest BCUT2D eigenvalue weighted by molar-refractivity contribution is 14.0. The summed E-state index contributed by atoms with van der Waals surface area (Å²) in [4.78, 5) is 4.26. The van der Waals surface area contributed by atoms with Crippen LogP contribution in [0.4, 0.5) is 0 Å². The molecule has 0 unspecified atom stereocenters. The quantitative estimate of drug-likeness (QED) is 0.399. The molecule has 2 aromatic carbocycles. The van der Waals surface area contributed by atoms with E-state index in [0.717, 1.165) is 18.9 Å². The molecule has 2 rings (SSSR count). The van der Waals surface area contributed by atoms with E-state index >= 15 is 0 Å². The summed E-state index contributed by atoms with van der Waals surface area (Å²) in [5.41, 5.74) is 2.71. The minimum absolute atomic E-state index is 0. The normalized spacial score (nSPS) is 11.3. The number of nitrogens with zero attached hydrogens (tertiary/aromatic N) is 1. The van der Waals surface area contributed by atoms with E-state index in [1.54, 1.807) is 0 Å². The zero-order chi connectivity index (χ0) is 16.5. The molecule has 3 nitrogen and oxygen atoms in total. The third-order valence-electron chi connectivity index (χ3n) is 3.78. The van der Waals surface area contributed by atoms with E-state index < -0.39 is 0 Å². The minimum atomic E-state index is 0. The summed E-state index contributed by atoms with van der Waals surface area (Å²) in [5.74, 6) is 1.25. The van der Waals surface area contributed by atoms with Gasteiger partial charge in [0.2, 0.25) is 0 Å². The Hall–Kier alpha value is -1.56. The van der Waals surface area contributed by atoms with E-state index in [4.69, 9.17) is 0 Å². The van der Waals surface area contributed by atoms with E-state index in [1.807, 2.05) is 7.05 Å². The van der Waals surface area contributed by atoms with Crippen LogP contribution in [0.3, 0.4) is 0 Å². The topological polar surface area (TPSA) is 36.4 Å².